The van der Waals surface area contributed by atoms with Crippen molar-refractivity contribution in [3.63, 3.8) is 0 Å². The Morgan fingerprint density at radius 1 is 1.35 bits per heavy atom. The number of hydrogen-bond acceptors (Lipinski definition) is 7. The van der Waals surface area contributed by atoms with E-state index in [0.717, 1.165) is 11.3 Å². The zero-order valence-corrected chi connectivity index (χ0v) is 14.6. The second kappa shape index (κ2) is 8.37. The van der Waals surface area contributed by atoms with E-state index in [1.165, 1.54) is 6.33 Å². The fourth-order valence-corrected chi connectivity index (χ4v) is 2.87. The van der Waals surface area contributed by atoms with Gasteiger partial charge in [-0.2, -0.15) is 0 Å². The fraction of sp³-hybridized carbons (Fsp3) is 0.389. The van der Waals surface area contributed by atoms with Crippen LogP contribution >= 0.6 is 0 Å². The molecule has 2 aromatic rings. The number of carbonyl (C=O) groups excluding carboxylic acids is 2. The Balaban J connectivity index is 1.65. The number of nitrogens with one attached hydrogen (secondary N) is 1. The summed E-state index contributed by atoms with van der Waals surface area (Å²) in [6, 6.07) is 3.51. The first-order chi connectivity index (χ1) is 12.7. The molecule has 0 bridgehead atoms. The van der Waals surface area contributed by atoms with Crippen LogP contribution in [-0.2, 0) is 22.5 Å². The van der Waals surface area contributed by atoms with E-state index in [9.17, 15) is 9.59 Å². The summed E-state index contributed by atoms with van der Waals surface area (Å²) in [5.74, 6) is 0.420. The van der Waals surface area contributed by atoms with Crippen molar-refractivity contribution < 1.29 is 14.3 Å². The predicted octanol–water partition coefficient (Wildman–Crippen LogP) is 1.44. The molecular formula is C18H21N5O3. The fourth-order valence-electron chi connectivity index (χ4n) is 2.87. The minimum Gasteiger partial charge on any atom is -0.466 e. The molecule has 0 radical (unpaired) electrons. The zero-order valence-electron chi connectivity index (χ0n) is 14.6. The Kier molecular flexibility index (Phi) is 5.73. The second-order valence-electron chi connectivity index (χ2n) is 5.85. The molecule has 26 heavy (non-hydrogen) atoms. The molecule has 0 atom stereocenters. The van der Waals surface area contributed by atoms with Gasteiger partial charge in [0.1, 0.15) is 12.1 Å². The summed E-state index contributed by atoms with van der Waals surface area (Å²) >= 11 is 0. The topological polar surface area (TPSA) is 97.3 Å². The maximum atomic E-state index is 12.6. The quantitative estimate of drug-likeness (QED) is 0.783. The monoisotopic (exact) mass is 355 g/mol. The summed E-state index contributed by atoms with van der Waals surface area (Å²) in [5.41, 5.74) is 2.38. The van der Waals surface area contributed by atoms with Crippen molar-refractivity contribution in [2.45, 2.75) is 26.3 Å². The molecule has 0 saturated carbocycles. The summed E-state index contributed by atoms with van der Waals surface area (Å²) in [7, 11) is 0. The first-order valence-electron chi connectivity index (χ1n) is 8.60. The molecule has 0 fully saturated rings. The van der Waals surface area contributed by atoms with Gasteiger partial charge in [-0.05, 0) is 25.5 Å². The van der Waals surface area contributed by atoms with Gasteiger partial charge in [0.05, 0.1) is 30.8 Å². The summed E-state index contributed by atoms with van der Waals surface area (Å²) < 4.78 is 4.91. The predicted molar refractivity (Wildman–Crippen MR) is 94.5 cm³/mol. The number of aromatic nitrogens is 3. The van der Waals surface area contributed by atoms with Crippen LogP contribution in [0.15, 0.2) is 30.9 Å². The third kappa shape index (κ3) is 4.14. The number of fused-ring (bicyclic) bond motifs is 1. The molecule has 0 saturated heterocycles. The standard InChI is InChI=1S/C18H21N5O3/c1-2-26-16(24)5-8-20-17-14-6-9-23(11-15(14)21-12-22-17)18(25)13-4-3-7-19-10-13/h3-4,7,10,12H,2,5-6,8-9,11H2,1H3,(H,20,21,22). The van der Waals surface area contributed by atoms with Gasteiger partial charge in [0, 0.05) is 31.0 Å². The molecule has 1 amide bonds. The number of amides is 1. The van der Waals surface area contributed by atoms with Crippen LogP contribution in [0.4, 0.5) is 5.82 Å². The highest BCUT2D eigenvalue weighted by Gasteiger charge is 2.25. The van der Waals surface area contributed by atoms with Crippen LogP contribution in [-0.4, -0.2) is 51.4 Å². The number of hydrogen-bond donors (Lipinski definition) is 1. The highest BCUT2D eigenvalue weighted by Crippen LogP contribution is 2.23. The lowest BCUT2D eigenvalue weighted by Crippen LogP contribution is -2.37. The Hall–Kier alpha value is -3.03. The molecule has 1 aliphatic heterocycles. The first kappa shape index (κ1) is 17.8. The maximum Gasteiger partial charge on any atom is 0.307 e. The molecule has 8 heteroatoms. The zero-order chi connectivity index (χ0) is 18.4. The molecule has 1 aliphatic rings. The van der Waals surface area contributed by atoms with E-state index in [1.54, 1.807) is 36.4 Å². The molecular weight excluding hydrogens is 334 g/mol. The third-order valence-corrected chi connectivity index (χ3v) is 4.13. The second-order valence-corrected chi connectivity index (χ2v) is 5.85. The first-order valence-corrected chi connectivity index (χ1v) is 8.60. The normalized spacial score (nSPS) is 13.0. The Morgan fingerprint density at radius 2 is 2.23 bits per heavy atom. The number of carbonyl (C=O) groups is 2. The average molecular weight is 355 g/mol. The van der Waals surface area contributed by atoms with Gasteiger partial charge in [0.15, 0.2) is 0 Å². The Morgan fingerprint density at radius 3 is 3.00 bits per heavy atom. The van der Waals surface area contributed by atoms with E-state index in [4.69, 9.17) is 4.74 Å². The van der Waals surface area contributed by atoms with Gasteiger partial charge in [0.2, 0.25) is 0 Å². The van der Waals surface area contributed by atoms with Gasteiger partial charge in [0.25, 0.3) is 5.91 Å². The molecule has 1 N–H and O–H groups in total. The molecule has 0 unspecified atom stereocenters. The lowest BCUT2D eigenvalue weighted by molar-refractivity contribution is -0.142. The van der Waals surface area contributed by atoms with Crippen LogP contribution in [0.25, 0.3) is 0 Å². The van der Waals surface area contributed by atoms with Gasteiger partial charge in [-0.1, -0.05) is 0 Å². The van der Waals surface area contributed by atoms with Gasteiger partial charge in [-0.3, -0.25) is 14.6 Å². The van der Waals surface area contributed by atoms with Gasteiger partial charge >= 0.3 is 5.97 Å². The molecule has 136 valence electrons. The van der Waals surface area contributed by atoms with Crippen molar-refractivity contribution in [2.24, 2.45) is 0 Å². The van der Waals surface area contributed by atoms with Crippen molar-refractivity contribution in [3.05, 3.63) is 47.7 Å². The molecule has 3 heterocycles. The lowest BCUT2D eigenvalue weighted by Gasteiger charge is -2.29. The molecule has 0 aliphatic carbocycles. The summed E-state index contributed by atoms with van der Waals surface area (Å²) in [5, 5.41) is 3.17. The van der Waals surface area contributed by atoms with E-state index < -0.39 is 0 Å². The van der Waals surface area contributed by atoms with E-state index >= 15 is 0 Å². The van der Waals surface area contributed by atoms with E-state index in [0.29, 0.717) is 44.0 Å². The van der Waals surface area contributed by atoms with Gasteiger partial charge in [-0.25, -0.2) is 9.97 Å². The average Bonchev–Trinajstić information content (AvgIpc) is 2.68. The van der Waals surface area contributed by atoms with Crippen molar-refractivity contribution in [2.75, 3.05) is 25.0 Å². The molecule has 0 spiro atoms. The maximum absolute atomic E-state index is 12.6. The third-order valence-electron chi connectivity index (χ3n) is 4.13. The minimum atomic E-state index is -0.240. The van der Waals surface area contributed by atoms with Crippen molar-refractivity contribution in [3.8, 4) is 0 Å². The molecule has 2 aromatic heterocycles. The molecule has 8 nitrogen and oxygen atoms in total. The largest absolute Gasteiger partial charge is 0.466 e. The van der Waals surface area contributed by atoms with Gasteiger partial charge < -0.3 is 15.0 Å². The van der Waals surface area contributed by atoms with Crippen LogP contribution in [0, 0.1) is 0 Å². The van der Waals surface area contributed by atoms with E-state index in [-0.39, 0.29) is 18.3 Å². The Labute approximate surface area is 151 Å². The highest BCUT2D eigenvalue weighted by atomic mass is 16.5. The van der Waals surface area contributed by atoms with Gasteiger partial charge in [-0.15, -0.1) is 0 Å². The van der Waals surface area contributed by atoms with Crippen molar-refractivity contribution in [1.29, 1.82) is 0 Å². The van der Waals surface area contributed by atoms with E-state index in [2.05, 4.69) is 20.3 Å². The van der Waals surface area contributed by atoms with E-state index in [1.807, 2.05) is 0 Å². The summed E-state index contributed by atoms with van der Waals surface area (Å²) in [6.45, 7) is 3.62. The van der Waals surface area contributed by atoms with Crippen LogP contribution in [0.2, 0.25) is 0 Å². The summed E-state index contributed by atoms with van der Waals surface area (Å²) in [6.07, 6.45) is 5.62. The minimum absolute atomic E-state index is 0.0563. The number of ether oxygens (including phenoxy) is 1. The van der Waals surface area contributed by atoms with Crippen LogP contribution in [0.5, 0.6) is 0 Å². The summed E-state index contributed by atoms with van der Waals surface area (Å²) in [4.78, 5) is 38.4. The van der Waals surface area contributed by atoms with Crippen LogP contribution in [0.3, 0.4) is 0 Å². The smallest absolute Gasteiger partial charge is 0.307 e. The van der Waals surface area contributed by atoms with Crippen molar-refractivity contribution >= 4 is 17.7 Å². The molecule has 3 rings (SSSR count). The Bertz CT molecular complexity index is 782. The van der Waals surface area contributed by atoms with Crippen LogP contribution in [0.1, 0.15) is 35.0 Å². The lowest BCUT2D eigenvalue weighted by atomic mass is 10.0. The number of pyridine rings is 1. The SMILES string of the molecule is CCOC(=O)CCNc1ncnc2c1CCN(C(=O)c1cccnc1)C2. The molecule has 0 aromatic carbocycles. The number of rotatable bonds is 6. The highest BCUT2D eigenvalue weighted by molar-refractivity contribution is 5.94. The van der Waals surface area contributed by atoms with Crippen LogP contribution < -0.4 is 5.32 Å². The number of anilines is 1. The number of esters is 1. The number of nitrogens with zero attached hydrogens (tertiary/aromatic N) is 4. The van der Waals surface area contributed by atoms with Crippen molar-refractivity contribution in [1.82, 2.24) is 19.9 Å².